The number of ether oxygens (including phenoxy) is 1. The molecule has 0 aliphatic heterocycles. The van der Waals surface area contributed by atoms with Crippen LogP contribution in [0.3, 0.4) is 0 Å². The van der Waals surface area contributed by atoms with Gasteiger partial charge in [-0.15, -0.1) is 0 Å². The Morgan fingerprint density at radius 3 is 1.50 bits per heavy atom. The van der Waals surface area contributed by atoms with Gasteiger partial charge in [0.1, 0.15) is 6.61 Å². The van der Waals surface area contributed by atoms with Gasteiger partial charge in [-0.25, -0.2) is 0 Å². The van der Waals surface area contributed by atoms with Gasteiger partial charge in [-0.2, -0.15) is 12.6 Å². The second-order valence-corrected chi connectivity index (χ2v) is 25.4. The lowest BCUT2D eigenvalue weighted by molar-refractivity contribution is -0.150. The van der Waals surface area contributed by atoms with Crippen molar-refractivity contribution >= 4 is 52.6 Å². The van der Waals surface area contributed by atoms with E-state index in [-0.39, 0.29) is 70.5 Å². The molecule has 11 nitrogen and oxygen atoms in total. The van der Waals surface area contributed by atoms with E-state index in [1.165, 1.54) is 24.6 Å². The summed E-state index contributed by atoms with van der Waals surface area (Å²) in [5, 5.41) is 41.1. The lowest BCUT2D eigenvalue weighted by Gasteiger charge is -2.41. The Bertz CT molecular complexity index is 1020. The summed E-state index contributed by atoms with van der Waals surface area (Å²) in [6, 6.07) is 1.88. The van der Waals surface area contributed by atoms with Crippen molar-refractivity contribution in [3.63, 3.8) is 0 Å². The minimum absolute atomic E-state index is 0.0868. The number of aliphatic hydroxyl groups is 4. The van der Waals surface area contributed by atoms with Crippen LogP contribution in [-0.2, 0) is 32.0 Å². The van der Waals surface area contributed by atoms with E-state index in [1.54, 1.807) is 0 Å². The van der Waals surface area contributed by atoms with Crippen LogP contribution < -0.4 is 0 Å². The van der Waals surface area contributed by atoms with Gasteiger partial charge in [-0.1, -0.05) is 105 Å². The van der Waals surface area contributed by atoms with E-state index in [4.69, 9.17) is 22.4 Å². The molecule has 4 N–H and O–H groups in total. The molecule has 58 heavy (non-hydrogen) atoms. The summed E-state index contributed by atoms with van der Waals surface area (Å²) >= 11 is 5.84. The lowest BCUT2D eigenvalue weighted by Crippen LogP contribution is -2.51. The Kier molecular flexibility index (Phi) is 33.5. The third kappa shape index (κ3) is 23.4. The van der Waals surface area contributed by atoms with Gasteiger partial charge in [0.15, 0.2) is 5.12 Å². The molecular formula is C43H88O11S2Si2. The molecule has 0 spiro atoms. The number of carbonyl (C=O) groups is 2. The van der Waals surface area contributed by atoms with Crippen LogP contribution in [0.15, 0.2) is 0 Å². The van der Waals surface area contributed by atoms with Crippen LogP contribution in [0.1, 0.15) is 151 Å². The molecule has 15 heteroatoms. The number of hydrogen-bond donors (Lipinski definition) is 5. The van der Waals surface area contributed by atoms with E-state index in [1.807, 2.05) is 34.2 Å². The summed E-state index contributed by atoms with van der Waals surface area (Å²) < 4.78 is 33.2. The molecule has 3 atom stereocenters. The van der Waals surface area contributed by atoms with Crippen LogP contribution in [0.4, 0.5) is 0 Å². The summed E-state index contributed by atoms with van der Waals surface area (Å²) in [6.07, 6.45) is 14.7. The minimum atomic E-state index is -3.04. The Morgan fingerprint density at radius 1 is 0.569 bits per heavy atom. The van der Waals surface area contributed by atoms with Crippen molar-refractivity contribution in [2.24, 2.45) is 16.2 Å². The quantitative estimate of drug-likeness (QED) is 0.0172. The first-order valence-electron chi connectivity index (χ1n) is 22.7. The number of thiol groups is 1. The molecule has 0 rings (SSSR count). The topological polar surface area (TPSA) is 161 Å². The first-order valence-corrected chi connectivity index (χ1v) is 29.1. The van der Waals surface area contributed by atoms with Gasteiger partial charge in [0.2, 0.25) is 0 Å². The molecule has 0 aromatic carbocycles. The summed E-state index contributed by atoms with van der Waals surface area (Å²) in [7, 11) is -5.95. The zero-order valence-corrected chi connectivity index (χ0v) is 41.6. The van der Waals surface area contributed by atoms with Crippen LogP contribution in [0.5, 0.6) is 0 Å². The molecule has 0 aliphatic carbocycles. The Balaban J connectivity index is 6.47. The van der Waals surface area contributed by atoms with Crippen LogP contribution in [-0.4, -0.2) is 120 Å². The van der Waals surface area contributed by atoms with Crippen molar-refractivity contribution in [3.8, 4) is 0 Å². The first kappa shape index (κ1) is 58.0. The van der Waals surface area contributed by atoms with Gasteiger partial charge in [-0.05, 0) is 75.4 Å². The number of rotatable bonds is 41. The fraction of sp³-hybridized carbons (Fsp3) is 0.953. The molecule has 0 amide bonds. The molecule has 346 valence electrons. The maximum absolute atomic E-state index is 13.1. The first-order chi connectivity index (χ1) is 27.8. The highest BCUT2D eigenvalue weighted by Gasteiger charge is 2.44. The zero-order chi connectivity index (χ0) is 43.8. The number of unbranched alkanes of at least 4 members (excludes halogenated alkanes) is 8. The van der Waals surface area contributed by atoms with E-state index in [0.29, 0.717) is 68.2 Å². The number of aliphatic hydroxyl groups excluding tert-OH is 4. The molecular weight excluding hydrogens is 813 g/mol. The fourth-order valence-corrected chi connectivity index (χ4v) is 13.3. The van der Waals surface area contributed by atoms with E-state index in [9.17, 15) is 30.0 Å². The molecule has 0 fully saturated rings. The average molecular weight is 901 g/mol. The highest BCUT2D eigenvalue weighted by atomic mass is 32.2. The Hall–Kier alpha value is -0.0462. The van der Waals surface area contributed by atoms with E-state index in [2.05, 4.69) is 26.5 Å². The molecule has 3 unspecified atom stereocenters. The van der Waals surface area contributed by atoms with Crippen LogP contribution >= 0.6 is 24.4 Å². The number of hydrogen-bond acceptors (Lipinski definition) is 13. The molecule has 0 heterocycles. The van der Waals surface area contributed by atoms with E-state index >= 15 is 0 Å². The normalized spacial score (nSPS) is 15.5. The molecule has 0 saturated carbocycles. The Labute approximate surface area is 366 Å². The smallest absolute Gasteiger partial charge is 0.337 e. The van der Waals surface area contributed by atoms with Crippen molar-refractivity contribution < 1.29 is 52.5 Å². The third-order valence-electron chi connectivity index (χ3n) is 12.0. The molecule has 0 saturated heterocycles. The predicted molar refractivity (Wildman–Crippen MR) is 246 cm³/mol. The van der Waals surface area contributed by atoms with Crippen LogP contribution in [0, 0.1) is 16.2 Å². The summed E-state index contributed by atoms with van der Waals surface area (Å²) in [5.41, 5.74) is -2.35. The lowest BCUT2D eigenvalue weighted by atomic mass is 9.88. The zero-order valence-electron chi connectivity index (χ0n) is 37.9. The van der Waals surface area contributed by atoms with Gasteiger partial charge < -0.3 is 42.9 Å². The molecule has 0 aromatic heterocycles. The van der Waals surface area contributed by atoms with Crippen molar-refractivity contribution in [2.45, 2.75) is 175 Å². The predicted octanol–water partition coefficient (Wildman–Crippen LogP) is 8.98. The molecule has 0 aliphatic rings. The maximum Gasteiger partial charge on any atom is 0.337 e. The van der Waals surface area contributed by atoms with E-state index in [0.717, 1.165) is 57.8 Å². The second kappa shape index (κ2) is 33.5. The Morgan fingerprint density at radius 2 is 1.03 bits per heavy atom. The summed E-state index contributed by atoms with van der Waals surface area (Å²) in [5.74, 6) is 1.05. The van der Waals surface area contributed by atoms with Crippen molar-refractivity contribution in [1.82, 2.24) is 0 Å². The standard InChI is InChI=1S/C43H88O11S2Si2/c1-8-14-16-18-20-24-39(48)50-34-43(12-5,37-52-57(7,28-22-26-55)51-35-41(10-3,30-44)31-45)38-54-58(13-6,53-36-42(11-4,32-46)33-47)29-23-27-56-40(49)25-21-19-17-15-9-2/h44-47,55H,8-38H2,1-7H3. The largest absolute Gasteiger partial charge is 0.465 e. The summed E-state index contributed by atoms with van der Waals surface area (Å²) in [6.45, 7) is 14.2. The SMILES string of the molecule is CCCCCCCC(=O)OCC(CC)(CO[Si](C)(CCCS)OCC(CC)(CO)CO)CO[Si](CC)(CCCSC(=O)CCCCCCC)OCC(CC)(CO)CO. The van der Waals surface area contributed by atoms with Gasteiger partial charge in [0.25, 0.3) is 0 Å². The molecule has 0 aromatic rings. The van der Waals surface area contributed by atoms with Gasteiger partial charge >= 0.3 is 23.1 Å². The van der Waals surface area contributed by atoms with Gasteiger partial charge in [0.05, 0.1) is 26.4 Å². The highest BCUT2D eigenvalue weighted by Crippen LogP contribution is 2.34. The number of esters is 1. The highest BCUT2D eigenvalue weighted by molar-refractivity contribution is 8.13. The van der Waals surface area contributed by atoms with Crippen LogP contribution in [0.2, 0.25) is 24.7 Å². The summed E-state index contributed by atoms with van der Waals surface area (Å²) in [4.78, 5) is 25.9. The fourth-order valence-electron chi connectivity index (χ4n) is 6.35. The molecule has 0 bridgehead atoms. The molecule has 0 radical (unpaired) electrons. The number of thioether (sulfide) groups is 1. The van der Waals surface area contributed by atoms with Gasteiger partial charge in [-0.3, -0.25) is 9.59 Å². The average Bonchev–Trinajstić information content (AvgIpc) is 3.25. The maximum atomic E-state index is 13.1. The van der Waals surface area contributed by atoms with E-state index < -0.39 is 33.4 Å². The second-order valence-electron chi connectivity index (χ2n) is 16.9. The monoisotopic (exact) mass is 901 g/mol. The van der Waals surface area contributed by atoms with Crippen molar-refractivity contribution in [1.29, 1.82) is 0 Å². The van der Waals surface area contributed by atoms with Gasteiger partial charge in [0, 0.05) is 61.3 Å². The van der Waals surface area contributed by atoms with Crippen molar-refractivity contribution in [3.05, 3.63) is 0 Å². The minimum Gasteiger partial charge on any atom is -0.465 e. The third-order valence-corrected chi connectivity index (χ3v) is 19.7. The number of carbonyl (C=O) groups excluding carboxylic acids is 2. The van der Waals surface area contributed by atoms with Crippen molar-refractivity contribution in [2.75, 3.05) is 71.0 Å². The van der Waals surface area contributed by atoms with Crippen LogP contribution in [0.25, 0.3) is 0 Å².